The van der Waals surface area contributed by atoms with E-state index in [2.05, 4.69) is 62.3 Å². The van der Waals surface area contributed by atoms with Gasteiger partial charge in [-0.3, -0.25) is 0 Å². The van der Waals surface area contributed by atoms with Crippen molar-refractivity contribution in [3.63, 3.8) is 0 Å². The van der Waals surface area contributed by atoms with E-state index in [0.29, 0.717) is 0 Å². The van der Waals surface area contributed by atoms with Crippen LogP contribution in [0.25, 0.3) is 0 Å². The fraction of sp³-hybridized carbons (Fsp3) is 0.455. The molecule has 0 amide bonds. The summed E-state index contributed by atoms with van der Waals surface area (Å²) in [6, 6.07) is 7.12. The quantitative estimate of drug-likeness (QED) is 0.896. The smallest absolute Gasteiger partial charge is 0.0209 e. The van der Waals surface area contributed by atoms with Gasteiger partial charge in [0.2, 0.25) is 0 Å². The van der Waals surface area contributed by atoms with Gasteiger partial charge in [0.15, 0.2) is 0 Å². The molecule has 0 unspecified atom stereocenters. The van der Waals surface area contributed by atoms with Crippen LogP contribution >= 0.6 is 31.9 Å². The molecule has 1 saturated carbocycles. The Hall–Kier alpha value is 0.140. The first-order valence-electron chi connectivity index (χ1n) is 4.83. The zero-order valence-electron chi connectivity index (χ0n) is 8.06. The monoisotopic (exact) mass is 317 g/mol. The van der Waals surface area contributed by atoms with E-state index < -0.39 is 0 Å². The van der Waals surface area contributed by atoms with Gasteiger partial charge in [0.1, 0.15) is 0 Å². The van der Waals surface area contributed by atoms with Gasteiger partial charge in [-0.1, -0.05) is 38.8 Å². The van der Waals surface area contributed by atoms with Crippen LogP contribution in [0.15, 0.2) is 27.1 Å². The van der Waals surface area contributed by atoms with E-state index in [4.69, 9.17) is 0 Å². The van der Waals surface area contributed by atoms with Crippen molar-refractivity contribution in [1.82, 2.24) is 5.32 Å². The van der Waals surface area contributed by atoms with Crippen LogP contribution in [0.1, 0.15) is 18.9 Å². The molecule has 0 bridgehead atoms. The highest BCUT2D eigenvalue weighted by molar-refractivity contribution is 9.11. The van der Waals surface area contributed by atoms with Crippen molar-refractivity contribution >= 4 is 31.9 Å². The van der Waals surface area contributed by atoms with Crippen LogP contribution in [-0.2, 0) is 6.54 Å². The van der Waals surface area contributed by atoms with Gasteiger partial charge in [-0.15, -0.1) is 0 Å². The van der Waals surface area contributed by atoms with Crippen molar-refractivity contribution in [3.05, 3.63) is 32.7 Å². The minimum atomic E-state index is 0.743. The third-order valence-corrected chi connectivity index (χ3v) is 3.52. The summed E-state index contributed by atoms with van der Waals surface area (Å²) in [6.07, 6.45) is 1.33. The molecule has 1 aliphatic rings. The molecule has 0 spiro atoms. The highest BCUT2D eigenvalue weighted by atomic mass is 79.9. The first kappa shape index (κ1) is 10.7. The van der Waals surface area contributed by atoms with Crippen molar-refractivity contribution in [2.45, 2.75) is 25.9 Å². The van der Waals surface area contributed by atoms with Crippen molar-refractivity contribution in [3.8, 4) is 0 Å². The van der Waals surface area contributed by atoms with Crippen LogP contribution in [0.4, 0.5) is 0 Å². The number of hydrogen-bond acceptors (Lipinski definition) is 1. The second kappa shape index (κ2) is 4.33. The molecule has 3 heteroatoms. The van der Waals surface area contributed by atoms with Crippen molar-refractivity contribution in [2.75, 3.05) is 0 Å². The average Bonchev–Trinajstić information content (AvgIpc) is 2.77. The summed E-state index contributed by atoms with van der Waals surface area (Å²) >= 11 is 6.98. The lowest BCUT2D eigenvalue weighted by atomic mass is 10.2. The molecule has 2 atom stereocenters. The fourth-order valence-corrected chi connectivity index (χ4v) is 2.96. The van der Waals surface area contributed by atoms with Crippen molar-refractivity contribution < 1.29 is 0 Å². The van der Waals surface area contributed by atoms with Crippen LogP contribution in [0.3, 0.4) is 0 Å². The third kappa shape index (κ3) is 2.81. The Morgan fingerprint density at radius 3 is 2.36 bits per heavy atom. The molecule has 1 aromatic rings. The Bertz CT molecular complexity index is 318. The van der Waals surface area contributed by atoms with E-state index in [1.807, 2.05) is 0 Å². The molecule has 1 aromatic carbocycles. The van der Waals surface area contributed by atoms with E-state index in [9.17, 15) is 0 Å². The number of hydrogen-bond donors (Lipinski definition) is 1. The predicted octanol–water partition coefficient (Wildman–Crippen LogP) is 3.71. The summed E-state index contributed by atoms with van der Waals surface area (Å²) < 4.78 is 2.26. The topological polar surface area (TPSA) is 12.0 Å². The molecule has 0 aromatic heterocycles. The summed E-state index contributed by atoms with van der Waals surface area (Å²) in [5, 5.41) is 3.54. The van der Waals surface area contributed by atoms with Gasteiger partial charge in [0, 0.05) is 21.5 Å². The summed E-state index contributed by atoms with van der Waals surface area (Å²) in [5.74, 6) is 0.866. The molecule has 1 nitrogen and oxygen atoms in total. The Morgan fingerprint density at radius 1 is 1.29 bits per heavy atom. The van der Waals surface area contributed by atoms with Gasteiger partial charge in [-0.25, -0.2) is 0 Å². The molecule has 0 radical (unpaired) electrons. The lowest BCUT2D eigenvalue weighted by molar-refractivity contribution is 0.652. The number of rotatable bonds is 3. The number of halogens is 2. The molecule has 2 rings (SSSR count). The number of benzene rings is 1. The van der Waals surface area contributed by atoms with Gasteiger partial charge in [-0.2, -0.15) is 0 Å². The van der Waals surface area contributed by atoms with E-state index in [1.54, 1.807) is 0 Å². The first-order valence-corrected chi connectivity index (χ1v) is 6.42. The first-order chi connectivity index (χ1) is 6.65. The Morgan fingerprint density at radius 2 is 1.86 bits per heavy atom. The minimum Gasteiger partial charge on any atom is -0.310 e. The highest BCUT2D eigenvalue weighted by Crippen LogP contribution is 2.29. The normalized spacial score (nSPS) is 25.1. The van der Waals surface area contributed by atoms with Gasteiger partial charge >= 0.3 is 0 Å². The third-order valence-electron chi connectivity index (χ3n) is 2.60. The summed E-state index contributed by atoms with van der Waals surface area (Å²) in [4.78, 5) is 0. The minimum absolute atomic E-state index is 0.743. The van der Waals surface area contributed by atoms with Gasteiger partial charge in [0.25, 0.3) is 0 Å². The maximum absolute atomic E-state index is 3.54. The second-order valence-corrected chi connectivity index (χ2v) is 5.81. The Labute approximate surface area is 102 Å². The lowest BCUT2D eigenvalue weighted by Crippen LogP contribution is -2.16. The Kier molecular flexibility index (Phi) is 3.30. The Balaban J connectivity index is 1.95. The molecule has 1 aliphatic carbocycles. The molecule has 1 fully saturated rings. The van der Waals surface area contributed by atoms with E-state index in [-0.39, 0.29) is 0 Å². The standard InChI is InChI=1S/C11H13Br2N/c1-7-2-11(7)14-6-8-3-9(12)5-10(13)4-8/h3-5,7,11,14H,2,6H2,1H3/t7-,11-/m1/s1. The molecule has 76 valence electrons. The van der Waals surface area contributed by atoms with E-state index in [0.717, 1.165) is 27.4 Å². The highest BCUT2D eigenvalue weighted by Gasteiger charge is 2.31. The maximum Gasteiger partial charge on any atom is 0.0209 e. The maximum atomic E-state index is 3.54. The molecule has 1 N–H and O–H groups in total. The predicted molar refractivity (Wildman–Crippen MR) is 66.3 cm³/mol. The van der Waals surface area contributed by atoms with Gasteiger partial charge in [-0.05, 0) is 36.1 Å². The van der Waals surface area contributed by atoms with Crippen molar-refractivity contribution in [1.29, 1.82) is 0 Å². The van der Waals surface area contributed by atoms with Gasteiger partial charge in [0.05, 0.1) is 0 Å². The zero-order chi connectivity index (χ0) is 10.1. The summed E-state index contributed by atoms with van der Waals surface area (Å²) in [7, 11) is 0. The summed E-state index contributed by atoms with van der Waals surface area (Å²) in [5.41, 5.74) is 1.32. The number of nitrogens with one attached hydrogen (secondary N) is 1. The molecule has 0 aliphatic heterocycles. The molecular weight excluding hydrogens is 306 g/mol. The van der Waals surface area contributed by atoms with E-state index >= 15 is 0 Å². The zero-order valence-corrected chi connectivity index (χ0v) is 11.2. The molecule has 0 saturated heterocycles. The van der Waals surface area contributed by atoms with E-state index in [1.165, 1.54) is 12.0 Å². The van der Waals surface area contributed by atoms with Crippen LogP contribution in [0.2, 0.25) is 0 Å². The van der Waals surface area contributed by atoms with Gasteiger partial charge < -0.3 is 5.32 Å². The average molecular weight is 319 g/mol. The second-order valence-electron chi connectivity index (χ2n) is 3.98. The fourth-order valence-electron chi connectivity index (χ4n) is 1.57. The largest absolute Gasteiger partial charge is 0.310 e. The van der Waals surface area contributed by atoms with Crippen LogP contribution < -0.4 is 5.32 Å². The molecule has 14 heavy (non-hydrogen) atoms. The van der Waals surface area contributed by atoms with Crippen LogP contribution in [0.5, 0.6) is 0 Å². The van der Waals surface area contributed by atoms with Crippen LogP contribution in [-0.4, -0.2) is 6.04 Å². The lowest BCUT2D eigenvalue weighted by Gasteiger charge is -2.05. The SMILES string of the molecule is C[C@@H]1C[C@H]1NCc1cc(Br)cc(Br)c1. The van der Waals surface area contributed by atoms with Crippen molar-refractivity contribution in [2.24, 2.45) is 5.92 Å². The molecular formula is C11H13Br2N. The van der Waals surface area contributed by atoms with Crippen LogP contribution in [0, 0.1) is 5.92 Å². The summed E-state index contributed by atoms with van der Waals surface area (Å²) in [6.45, 7) is 3.25. The molecule has 0 heterocycles.